The van der Waals surface area contributed by atoms with E-state index in [1.165, 1.54) is 32.2 Å². The fourth-order valence-electron chi connectivity index (χ4n) is 2.57. The number of thiocarbonyl (C=S) groups is 1. The Morgan fingerprint density at radius 1 is 1.38 bits per heavy atom. The normalized spacial score (nSPS) is 31.9. The number of piperidine rings is 2. The maximum absolute atomic E-state index is 5.35. The quantitative estimate of drug-likeness (QED) is 0.646. The molecule has 0 aromatic carbocycles. The van der Waals surface area contributed by atoms with Crippen molar-refractivity contribution in [1.29, 1.82) is 0 Å². The second kappa shape index (κ2) is 3.82. The molecule has 0 aromatic heterocycles. The summed E-state index contributed by atoms with van der Waals surface area (Å²) in [5, 5.41) is 4.24. The molecule has 1 N–H and O–H groups in total. The van der Waals surface area contributed by atoms with Crippen molar-refractivity contribution in [3.8, 4) is 0 Å². The molecule has 3 rings (SSSR count). The summed E-state index contributed by atoms with van der Waals surface area (Å²) in [6.07, 6.45) is 5.57. The maximum atomic E-state index is 5.35. The zero-order valence-corrected chi connectivity index (χ0v) is 9.07. The van der Waals surface area contributed by atoms with Crippen molar-refractivity contribution in [2.45, 2.75) is 38.6 Å². The van der Waals surface area contributed by atoms with Gasteiger partial charge in [-0.15, -0.1) is 0 Å². The van der Waals surface area contributed by atoms with Crippen LogP contribution in [0.5, 0.6) is 0 Å². The minimum atomic E-state index is 0.747. The fourth-order valence-corrected chi connectivity index (χ4v) is 2.94. The number of nitrogens with one attached hydrogen (secondary N) is 1. The molecule has 13 heavy (non-hydrogen) atoms. The molecule has 2 heterocycles. The van der Waals surface area contributed by atoms with Crippen molar-refractivity contribution in [3.63, 3.8) is 0 Å². The molecule has 3 fully saturated rings. The molecule has 74 valence electrons. The van der Waals surface area contributed by atoms with Crippen molar-refractivity contribution in [3.05, 3.63) is 0 Å². The van der Waals surface area contributed by atoms with Crippen LogP contribution in [0.2, 0.25) is 0 Å². The highest BCUT2D eigenvalue weighted by Gasteiger charge is 2.34. The predicted octanol–water partition coefficient (Wildman–Crippen LogP) is 1.76. The Bertz CT molecular complexity index is 197. The van der Waals surface area contributed by atoms with E-state index >= 15 is 0 Å². The lowest BCUT2D eigenvalue weighted by atomic mass is 9.80. The number of hydrogen-bond acceptors (Lipinski definition) is 1. The summed E-state index contributed by atoms with van der Waals surface area (Å²) in [6, 6.07) is 0.747. The Morgan fingerprint density at radius 2 is 2.08 bits per heavy atom. The van der Waals surface area contributed by atoms with Gasteiger partial charge in [0.15, 0.2) is 5.11 Å². The van der Waals surface area contributed by atoms with E-state index < -0.39 is 0 Å². The van der Waals surface area contributed by atoms with E-state index in [4.69, 9.17) is 12.2 Å². The van der Waals surface area contributed by atoms with Gasteiger partial charge in [-0.1, -0.05) is 0 Å². The topological polar surface area (TPSA) is 15.3 Å². The van der Waals surface area contributed by atoms with Gasteiger partial charge in [0.2, 0.25) is 0 Å². The standard InChI is InChI=1S/C10H18N2S/c1-2-11-10(13)12-7-8-3-5-9(12)6-4-8/h8-9H,2-7H2,1H3,(H,11,13). The molecule has 2 saturated heterocycles. The Balaban J connectivity index is 1.96. The summed E-state index contributed by atoms with van der Waals surface area (Å²) >= 11 is 5.35. The molecule has 0 unspecified atom stereocenters. The lowest BCUT2D eigenvalue weighted by molar-refractivity contribution is 0.109. The van der Waals surface area contributed by atoms with Crippen molar-refractivity contribution in [1.82, 2.24) is 10.2 Å². The third kappa shape index (κ3) is 1.80. The minimum absolute atomic E-state index is 0.747. The van der Waals surface area contributed by atoms with Crippen LogP contribution in [0.1, 0.15) is 32.6 Å². The fraction of sp³-hybridized carbons (Fsp3) is 0.900. The smallest absolute Gasteiger partial charge is 0.169 e. The first kappa shape index (κ1) is 9.25. The second-order valence-corrected chi connectivity index (χ2v) is 4.55. The SMILES string of the molecule is CCNC(=S)N1CC2CCC1CC2. The number of hydrogen-bond donors (Lipinski definition) is 1. The highest BCUT2D eigenvalue weighted by molar-refractivity contribution is 7.80. The van der Waals surface area contributed by atoms with Crippen molar-refractivity contribution in [2.24, 2.45) is 5.92 Å². The van der Waals surface area contributed by atoms with Crippen LogP contribution in [0, 0.1) is 5.92 Å². The summed E-state index contributed by atoms with van der Waals surface area (Å²) in [4.78, 5) is 2.41. The van der Waals surface area contributed by atoms with Gasteiger partial charge in [-0.2, -0.15) is 0 Å². The minimum Gasteiger partial charge on any atom is -0.363 e. The van der Waals surface area contributed by atoms with Gasteiger partial charge in [0, 0.05) is 19.1 Å². The van der Waals surface area contributed by atoms with Gasteiger partial charge in [0.05, 0.1) is 0 Å². The molecular weight excluding hydrogens is 180 g/mol. The second-order valence-electron chi connectivity index (χ2n) is 4.16. The zero-order chi connectivity index (χ0) is 9.26. The lowest BCUT2D eigenvalue weighted by Crippen LogP contribution is -2.53. The van der Waals surface area contributed by atoms with Gasteiger partial charge in [-0.05, 0) is 50.7 Å². The molecule has 2 nitrogen and oxygen atoms in total. The van der Waals surface area contributed by atoms with Gasteiger partial charge in [0.25, 0.3) is 0 Å². The van der Waals surface area contributed by atoms with E-state index in [9.17, 15) is 0 Å². The molecule has 0 aromatic rings. The third-order valence-corrected chi connectivity index (χ3v) is 3.68. The van der Waals surface area contributed by atoms with Crippen molar-refractivity contribution >= 4 is 17.3 Å². The third-order valence-electron chi connectivity index (χ3n) is 3.30. The summed E-state index contributed by atoms with van der Waals surface area (Å²) in [5.41, 5.74) is 0. The van der Waals surface area contributed by atoms with E-state index in [1.807, 2.05) is 0 Å². The number of fused-ring (bicyclic) bond motifs is 3. The maximum Gasteiger partial charge on any atom is 0.169 e. The van der Waals surface area contributed by atoms with Gasteiger partial charge in [-0.3, -0.25) is 0 Å². The molecule has 3 aliphatic rings. The largest absolute Gasteiger partial charge is 0.363 e. The summed E-state index contributed by atoms with van der Waals surface area (Å²) in [7, 11) is 0. The Hall–Kier alpha value is -0.310. The lowest BCUT2D eigenvalue weighted by Gasteiger charge is -2.46. The molecule has 1 aliphatic carbocycles. The first-order chi connectivity index (χ1) is 6.31. The summed E-state index contributed by atoms with van der Waals surface area (Å²) in [5.74, 6) is 0.918. The van der Waals surface area contributed by atoms with E-state index in [0.29, 0.717) is 0 Å². The molecular formula is C10H18N2S. The van der Waals surface area contributed by atoms with Gasteiger partial charge < -0.3 is 10.2 Å². The molecule has 0 amide bonds. The van der Waals surface area contributed by atoms with E-state index in [-0.39, 0.29) is 0 Å². The first-order valence-corrected chi connectivity index (χ1v) is 5.76. The van der Waals surface area contributed by atoms with Crippen LogP contribution < -0.4 is 5.32 Å². The highest BCUT2D eigenvalue weighted by Crippen LogP contribution is 2.34. The molecule has 1 saturated carbocycles. The first-order valence-electron chi connectivity index (χ1n) is 5.35. The predicted molar refractivity (Wildman–Crippen MR) is 58.7 cm³/mol. The van der Waals surface area contributed by atoms with E-state index in [1.54, 1.807) is 0 Å². The van der Waals surface area contributed by atoms with E-state index in [0.717, 1.165) is 23.6 Å². The van der Waals surface area contributed by atoms with Gasteiger partial charge >= 0.3 is 0 Å². The van der Waals surface area contributed by atoms with Crippen LogP contribution in [-0.2, 0) is 0 Å². The highest BCUT2D eigenvalue weighted by atomic mass is 32.1. The van der Waals surface area contributed by atoms with Crippen LogP contribution in [-0.4, -0.2) is 29.1 Å². The van der Waals surface area contributed by atoms with Crippen LogP contribution >= 0.6 is 12.2 Å². The zero-order valence-electron chi connectivity index (χ0n) is 8.25. The van der Waals surface area contributed by atoms with Gasteiger partial charge in [0.1, 0.15) is 0 Å². The van der Waals surface area contributed by atoms with Crippen LogP contribution in [0.15, 0.2) is 0 Å². The van der Waals surface area contributed by atoms with E-state index in [2.05, 4.69) is 17.1 Å². The molecule has 0 atom stereocenters. The molecule has 0 radical (unpaired) electrons. The van der Waals surface area contributed by atoms with Crippen molar-refractivity contribution < 1.29 is 0 Å². The van der Waals surface area contributed by atoms with Crippen LogP contribution in [0.25, 0.3) is 0 Å². The Morgan fingerprint density at radius 3 is 2.54 bits per heavy atom. The monoisotopic (exact) mass is 198 g/mol. The number of nitrogens with zero attached hydrogens (tertiary/aromatic N) is 1. The van der Waals surface area contributed by atoms with Gasteiger partial charge in [-0.25, -0.2) is 0 Å². The summed E-state index contributed by atoms with van der Waals surface area (Å²) in [6.45, 7) is 4.26. The molecule has 2 bridgehead atoms. The average molecular weight is 198 g/mol. The number of rotatable bonds is 1. The average Bonchev–Trinajstić information content (AvgIpc) is 2.20. The summed E-state index contributed by atoms with van der Waals surface area (Å²) < 4.78 is 0. The van der Waals surface area contributed by atoms with Crippen LogP contribution in [0.4, 0.5) is 0 Å². The Kier molecular flexibility index (Phi) is 2.72. The Labute approximate surface area is 85.7 Å². The molecule has 2 aliphatic heterocycles. The van der Waals surface area contributed by atoms with Crippen LogP contribution in [0.3, 0.4) is 0 Å². The molecule has 0 spiro atoms. The molecule has 3 heteroatoms. The van der Waals surface area contributed by atoms with Crippen molar-refractivity contribution in [2.75, 3.05) is 13.1 Å².